The molecule has 0 saturated carbocycles. The van der Waals surface area contributed by atoms with E-state index in [0.717, 1.165) is 5.56 Å². The predicted octanol–water partition coefficient (Wildman–Crippen LogP) is 2.53. The van der Waals surface area contributed by atoms with Crippen LogP contribution in [-0.4, -0.2) is 25.0 Å². The maximum Gasteiger partial charge on any atom is 0.255 e. The third kappa shape index (κ3) is 6.92. The molecule has 0 saturated heterocycles. The third-order valence-electron chi connectivity index (χ3n) is 4.01. The molecular formula is C20H26ClN3O3. The van der Waals surface area contributed by atoms with Crippen molar-refractivity contribution >= 4 is 24.2 Å². The Hall–Kier alpha value is -2.57. The SMILES string of the molecule is CC(C)c1ccc(C(N)CNC(=O)c2ccc(OCC(N)=O)cc2)cc1.Cl. The van der Waals surface area contributed by atoms with Crippen molar-refractivity contribution in [3.8, 4) is 5.75 Å². The minimum absolute atomic E-state index is 0. The highest BCUT2D eigenvalue weighted by atomic mass is 35.5. The Balaban J connectivity index is 0.00000364. The Kier molecular flexibility index (Phi) is 8.78. The van der Waals surface area contributed by atoms with Crippen LogP contribution >= 0.6 is 12.4 Å². The van der Waals surface area contributed by atoms with Crippen LogP contribution in [0.4, 0.5) is 0 Å². The molecule has 0 fully saturated rings. The lowest BCUT2D eigenvalue weighted by molar-refractivity contribution is -0.119. The molecule has 27 heavy (non-hydrogen) atoms. The zero-order chi connectivity index (χ0) is 19.1. The molecule has 2 aromatic rings. The summed E-state index contributed by atoms with van der Waals surface area (Å²) in [6.07, 6.45) is 0. The summed E-state index contributed by atoms with van der Waals surface area (Å²) in [5.74, 6) is 0.167. The molecule has 1 unspecified atom stereocenters. The second kappa shape index (κ2) is 10.5. The van der Waals surface area contributed by atoms with Gasteiger partial charge in [0.2, 0.25) is 0 Å². The van der Waals surface area contributed by atoms with Gasteiger partial charge in [0.1, 0.15) is 5.75 Å². The van der Waals surface area contributed by atoms with Crippen LogP contribution in [0.3, 0.4) is 0 Å². The van der Waals surface area contributed by atoms with Crippen LogP contribution in [0.1, 0.15) is 47.3 Å². The maximum atomic E-state index is 12.2. The van der Waals surface area contributed by atoms with Gasteiger partial charge in [-0.1, -0.05) is 38.1 Å². The Morgan fingerprint density at radius 2 is 1.56 bits per heavy atom. The summed E-state index contributed by atoms with van der Waals surface area (Å²) in [5.41, 5.74) is 13.9. The van der Waals surface area contributed by atoms with E-state index in [1.165, 1.54) is 5.56 Å². The molecule has 1 atom stereocenters. The highest BCUT2D eigenvalue weighted by molar-refractivity contribution is 5.94. The molecular weight excluding hydrogens is 366 g/mol. The van der Waals surface area contributed by atoms with Crippen LogP contribution in [0.25, 0.3) is 0 Å². The largest absolute Gasteiger partial charge is 0.484 e. The minimum Gasteiger partial charge on any atom is -0.484 e. The molecule has 0 aliphatic carbocycles. The first-order valence-corrected chi connectivity index (χ1v) is 8.51. The lowest BCUT2D eigenvalue weighted by Gasteiger charge is -2.15. The summed E-state index contributed by atoms with van der Waals surface area (Å²) in [7, 11) is 0. The first-order chi connectivity index (χ1) is 12.4. The van der Waals surface area contributed by atoms with Crippen LogP contribution in [0.15, 0.2) is 48.5 Å². The molecule has 0 bridgehead atoms. The highest BCUT2D eigenvalue weighted by Crippen LogP contribution is 2.17. The average Bonchev–Trinajstić information content (AvgIpc) is 2.64. The quantitative estimate of drug-likeness (QED) is 0.642. The molecule has 0 spiro atoms. The number of rotatable bonds is 8. The van der Waals surface area contributed by atoms with E-state index in [0.29, 0.717) is 23.8 Å². The third-order valence-corrected chi connectivity index (χ3v) is 4.01. The van der Waals surface area contributed by atoms with Gasteiger partial charge in [-0.15, -0.1) is 12.4 Å². The molecule has 5 N–H and O–H groups in total. The van der Waals surface area contributed by atoms with Crippen molar-refractivity contribution in [1.29, 1.82) is 0 Å². The second-order valence-electron chi connectivity index (χ2n) is 6.42. The standard InChI is InChI=1S/C20H25N3O3.ClH/c1-13(2)14-3-5-15(6-4-14)18(21)11-23-20(25)16-7-9-17(10-8-16)26-12-19(22)24;/h3-10,13,18H,11-12,21H2,1-2H3,(H2,22,24)(H,23,25);1H. The molecule has 0 aromatic heterocycles. The van der Waals surface area contributed by atoms with E-state index in [1.54, 1.807) is 24.3 Å². The highest BCUT2D eigenvalue weighted by Gasteiger charge is 2.11. The summed E-state index contributed by atoms with van der Waals surface area (Å²) >= 11 is 0. The molecule has 2 rings (SSSR count). The zero-order valence-electron chi connectivity index (χ0n) is 15.5. The van der Waals surface area contributed by atoms with E-state index < -0.39 is 5.91 Å². The summed E-state index contributed by atoms with van der Waals surface area (Å²) in [6, 6.07) is 14.3. The van der Waals surface area contributed by atoms with Crippen molar-refractivity contribution < 1.29 is 14.3 Å². The van der Waals surface area contributed by atoms with Crippen LogP contribution in [0.2, 0.25) is 0 Å². The van der Waals surface area contributed by atoms with Crippen molar-refractivity contribution in [2.75, 3.05) is 13.2 Å². The average molecular weight is 392 g/mol. The van der Waals surface area contributed by atoms with E-state index in [4.69, 9.17) is 16.2 Å². The van der Waals surface area contributed by atoms with E-state index in [-0.39, 0.29) is 31.0 Å². The van der Waals surface area contributed by atoms with Crippen molar-refractivity contribution in [1.82, 2.24) is 5.32 Å². The Morgan fingerprint density at radius 1 is 1.00 bits per heavy atom. The number of amides is 2. The molecule has 6 nitrogen and oxygen atoms in total. The maximum absolute atomic E-state index is 12.2. The predicted molar refractivity (Wildman–Crippen MR) is 108 cm³/mol. The van der Waals surface area contributed by atoms with Crippen LogP contribution in [-0.2, 0) is 4.79 Å². The summed E-state index contributed by atoms with van der Waals surface area (Å²) in [5, 5.41) is 2.83. The van der Waals surface area contributed by atoms with Gasteiger partial charge < -0.3 is 21.5 Å². The van der Waals surface area contributed by atoms with E-state index in [2.05, 4.69) is 31.3 Å². The van der Waals surface area contributed by atoms with Crippen molar-refractivity contribution in [2.24, 2.45) is 11.5 Å². The fourth-order valence-corrected chi connectivity index (χ4v) is 2.41. The van der Waals surface area contributed by atoms with Crippen molar-refractivity contribution in [3.63, 3.8) is 0 Å². The first kappa shape index (κ1) is 22.5. The number of benzene rings is 2. The number of nitrogens with two attached hydrogens (primary N) is 2. The van der Waals surface area contributed by atoms with E-state index >= 15 is 0 Å². The van der Waals surface area contributed by atoms with Gasteiger partial charge in [-0.3, -0.25) is 9.59 Å². The second-order valence-corrected chi connectivity index (χ2v) is 6.42. The monoisotopic (exact) mass is 391 g/mol. The fraction of sp³-hybridized carbons (Fsp3) is 0.300. The van der Waals surface area contributed by atoms with Crippen LogP contribution < -0.4 is 21.5 Å². The van der Waals surface area contributed by atoms with Crippen LogP contribution in [0, 0.1) is 0 Å². The fourth-order valence-electron chi connectivity index (χ4n) is 2.41. The summed E-state index contributed by atoms with van der Waals surface area (Å²) in [4.78, 5) is 22.9. The van der Waals surface area contributed by atoms with Crippen LogP contribution in [0.5, 0.6) is 5.75 Å². The lowest BCUT2D eigenvalue weighted by Crippen LogP contribution is -2.31. The first-order valence-electron chi connectivity index (χ1n) is 8.51. The van der Waals surface area contributed by atoms with Gasteiger partial charge in [-0.2, -0.15) is 0 Å². The van der Waals surface area contributed by atoms with Gasteiger partial charge in [-0.25, -0.2) is 0 Å². The number of halogens is 1. The van der Waals surface area contributed by atoms with Gasteiger partial charge in [0, 0.05) is 18.2 Å². The number of primary amides is 1. The van der Waals surface area contributed by atoms with Crippen molar-refractivity contribution in [2.45, 2.75) is 25.8 Å². The van der Waals surface area contributed by atoms with Gasteiger partial charge in [0.15, 0.2) is 6.61 Å². The van der Waals surface area contributed by atoms with E-state index in [1.807, 2.05) is 12.1 Å². The Bertz CT molecular complexity index is 746. The molecule has 0 aliphatic rings. The number of hydrogen-bond acceptors (Lipinski definition) is 4. The smallest absolute Gasteiger partial charge is 0.255 e. The summed E-state index contributed by atoms with van der Waals surface area (Å²) < 4.78 is 5.16. The topological polar surface area (TPSA) is 107 Å². The lowest BCUT2D eigenvalue weighted by atomic mass is 9.99. The van der Waals surface area contributed by atoms with Crippen molar-refractivity contribution in [3.05, 3.63) is 65.2 Å². The molecule has 146 valence electrons. The molecule has 2 aromatic carbocycles. The van der Waals surface area contributed by atoms with E-state index in [9.17, 15) is 9.59 Å². The zero-order valence-corrected chi connectivity index (χ0v) is 16.3. The molecule has 0 heterocycles. The molecule has 0 aliphatic heterocycles. The number of carbonyl (C=O) groups excluding carboxylic acids is 2. The molecule has 0 radical (unpaired) electrons. The van der Waals surface area contributed by atoms with Gasteiger partial charge in [0.05, 0.1) is 0 Å². The molecule has 2 amide bonds. The number of carbonyl (C=O) groups is 2. The van der Waals surface area contributed by atoms with Gasteiger partial charge in [-0.05, 0) is 41.3 Å². The van der Waals surface area contributed by atoms with Gasteiger partial charge >= 0.3 is 0 Å². The minimum atomic E-state index is -0.553. The number of nitrogens with one attached hydrogen (secondary N) is 1. The van der Waals surface area contributed by atoms with Gasteiger partial charge in [0.25, 0.3) is 11.8 Å². The summed E-state index contributed by atoms with van der Waals surface area (Å²) in [6.45, 7) is 4.41. The molecule has 7 heteroatoms. The Labute approximate surface area is 165 Å². The number of hydrogen-bond donors (Lipinski definition) is 3. The Morgan fingerprint density at radius 3 is 2.07 bits per heavy atom. The normalized spacial score (nSPS) is 11.4. The number of ether oxygens (including phenoxy) is 1.